The van der Waals surface area contributed by atoms with Gasteiger partial charge in [-0.2, -0.15) is 0 Å². The van der Waals surface area contributed by atoms with Crippen LogP contribution in [0.15, 0.2) is 66.2 Å². The van der Waals surface area contributed by atoms with Crippen molar-refractivity contribution in [2.24, 2.45) is 0 Å². The lowest BCUT2D eigenvalue weighted by Crippen LogP contribution is -2.54. The summed E-state index contributed by atoms with van der Waals surface area (Å²) in [6.45, 7) is -0.509. The van der Waals surface area contributed by atoms with Gasteiger partial charge in [-0.25, -0.2) is 14.1 Å². The Morgan fingerprint density at radius 3 is 2.44 bits per heavy atom. The highest BCUT2D eigenvalue weighted by molar-refractivity contribution is 6.39. The minimum Gasteiger partial charge on any atom is -0.497 e. The lowest BCUT2D eigenvalue weighted by Gasteiger charge is -2.26. The molecule has 200 valence electrons. The van der Waals surface area contributed by atoms with Crippen LogP contribution in [0.5, 0.6) is 17.2 Å². The van der Waals surface area contributed by atoms with E-state index in [1.807, 2.05) is 0 Å². The summed E-state index contributed by atoms with van der Waals surface area (Å²) in [5.74, 6) is -2.36. The van der Waals surface area contributed by atoms with E-state index in [1.165, 1.54) is 62.8 Å². The van der Waals surface area contributed by atoms with Crippen LogP contribution in [0.4, 0.5) is 20.6 Å². The molecule has 4 rings (SSSR count). The number of benzene rings is 3. The fourth-order valence-electron chi connectivity index (χ4n) is 3.64. The molecule has 0 aliphatic carbocycles. The molecule has 1 saturated heterocycles. The largest absolute Gasteiger partial charge is 0.497 e. The number of hydrogen-bond acceptors (Lipinski definition) is 7. The number of nitrogens with zero attached hydrogens (tertiary/aromatic N) is 1. The van der Waals surface area contributed by atoms with Gasteiger partial charge < -0.3 is 19.5 Å². The van der Waals surface area contributed by atoms with Crippen molar-refractivity contribution in [3.8, 4) is 17.2 Å². The van der Waals surface area contributed by atoms with Crippen LogP contribution in [-0.4, -0.2) is 44.6 Å². The van der Waals surface area contributed by atoms with E-state index in [-0.39, 0.29) is 39.0 Å². The Morgan fingerprint density at radius 1 is 1.05 bits per heavy atom. The second-order valence-electron chi connectivity index (χ2n) is 8.01. The molecule has 0 spiro atoms. The zero-order valence-electron chi connectivity index (χ0n) is 20.6. The van der Waals surface area contributed by atoms with Crippen molar-refractivity contribution in [3.63, 3.8) is 0 Å². The van der Waals surface area contributed by atoms with E-state index in [9.17, 15) is 23.6 Å². The molecule has 0 aromatic heterocycles. The highest BCUT2D eigenvalue weighted by atomic mass is 35.5. The quantitative estimate of drug-likeness (QED) is 0.317. The van der Waals surface area contributed by atoms with Crippen LogP contribution in [0.25, 0.3) is 6.08 Å². The van der Waals surface area contributed by atoms with Crippen LogP contribution in [0.2, 0.25) is 5.02 Å². The molecule has 39 heavy (non-hydrogen) atoms. The average molecular weight is 554 g/mol. The zero-order chi connectivity index (χ0) is 28.1. The zero-order valence-corrected chi connectivity index (χ0v) is 21.4. The van der Waals surface area contributed by atoms with Crippen molar-refractivity contribution < 1.29 is 37.8 Å². The van der Waals surface area contributed by atoms with Gasteiger partial charge in [0, 0.05) is 0 Å². The average Bonchev–Trinajstić information content (AvgIpc) is 2.91. The van der Waals surface area contributed by atoms with E-state index in [4.69, 9.17) is 25.8 Å². The van der Waals surface area contributed by atoms with Crippen molar-refractivity contribution in [3.05, 3.63) is 82.6 Å². The molecule has 0 atom stereocenters. The molecule has 1 aliphatic heterocycles. The van der Waals surface area contributed by atoms with E-state index in [0.29, 0.717) is 5.75 Å². The van der Waals surface area contributed by atoms with E-state index in [0.717, 1.165) is 4.90 Å². The Balaban J connectivity index is 1.56. The van der Waals surface area contributed by atoms with E-state index >= 15 is 0 Å². The van der Waals surface area contributed by atoms with E-state index in [1.54, 1.807) is 18.2 Å². The third-order valence-electron chi connectivity index (χ3n) is 5.49. The smallest absolute Gasteiger partial charge is 0.335 e. The number of halogens is 2. The first-order chi connectivity index (χ1) is 18.7. The van der Waals surface area contributed by atoms with Crippen LogP contribution in [0, 0.1) is 5.82 Å². The monoisotopic (exact) mass is 553 g/mol. The standard InChI is InChI=1S/C27H21ClFN3O7/c1-37-17-9-7-16(8-10-17)32-26(35)18(25(34)31-27(32)36)11-15-12-19(28)24(22(13-15)38-2)39-14-23(33)30-21-6-4-3-5-20(21)29/h3-13H,14H2,1-2H3,(H,30,33)(H,31,34,36)/b18-11+. The number of urea groups is 1. The number of rotatable bonds is 8. The van der Waals surface area contributed by atoms with Gasteiger partial charge in [-0.1, -0.05) is 23.7 Å². The number of anilines is 2. The molecule has 1 aliphatic rings. The van der Waals surface area contributed by atoms with Gasteiger partial charge in [0.1, 0.15) is 17.1 Å². The molecule has 2 N–H and O–H groups in total. The third kappa shape index (κ3) is 5.99. The van der Waals surface area contributed by atoms with E-state index < -0.39 is 36.2 Å². The Labute approximate surface area is 226 Å². The van der Waals surface area contributed by atoms with Crippen LogP contribution in [0.3, 0.4) is 0 Å². The first-order valence-electron chi connectivity index (χ1n) is 11.3. The maximum Gasteiger partial charge on any atom is 0.335 e. The summed E-state index contributed by atoms with van der Waals surface area (Å²) in [6.07, 6.45) is 1.24. The highest BCUT2D eigenvalue weighted by Gasteiger charge is 2.37. The van der Waals surface area contributed by atoms with Gasteiger partial charge in [-0.15, -0.1) is 0 Å². The number of hydrogen-bond donors (Lipinski definition) is 2. The van der Waals surface area contributed by atoms with Gasteiger partial charge >= 0.3 is 6.03 Å². The number of methoxy groups -OCH3 is 2. The number of para-hydroxylation sites is 1. The summed E-state index contributed by atoms with van der Waals surface area (Å²) in [6, 6.07) is 13.7. The fraction of sp³-hybridized carbons (Fsp3) is 0.111. The molecule has 0 bridgehead atoms. The van der Waals surface area contributed by atoms with Gasteiger partial charge in [0.15, 0.2) is 18.1 Å². The molecule has 1 heterocycles. The molecule has 12 heteroatoms. The summed E-state index contributed by atoms with van der Waals surface area (Å²) >= 11 is 6.36. The molecule has 10 nitrogen and oxygen atoms in total. The van der Waals surface area contributed by atoms with Gasteiger partial charge in [0.05, 0.1) is 30.6 Å². The number of nitrogens with one attached hydrogen (secondary N) is 2. The SMILES string of the molecule is COc1ccc(N2C(=O)NC(=O)/C(=C\c3cc(Cl)c(OCC(=O)Nc4ccccc4F)c(OC)c3)C2=O)cc1. The lowest BCUT2D eigenvalue weighted by atomic mass is 10.1. The summed E-state index contributed by atoms with van der Waals surface area (Å²) in [5, 5.41) is 4.53. The van der Waals surface area contributed by atoms with Crippen LogP contribution in [0.1, 0.15) is 5.56 Å². The van der Waals surface area contributed by atoms with Crippen molar-refractivity contribution in [1.29, 1.82) is 0 Å². The first kappa shape index (κ1) is 27.1. The Kier molecular flexibility index (Phi) is 8.11. The number of carbonyl (C=O) groups excluding carboxylic acids is 4. The first-order valence-corrected chi connectivity index (χ1v) is 11.7. The maximum atomic E-state index is 13.8. The number of amides is 5. The molecule has 5 amide bonds. The third-order valence-corrected chi connectivity index (χ3v) is 5.77. The number of carbonyl (C=O) groups is 4. The Morgan fingerprint density at radius 2 is 1.77 bits per heavy atom. The van der Waals surface area contributed by atoms with Crippen molar-refractivity contribution in [1.82, 2.24) is 5.32 Å². The second kappa shape index (κ2) is 11.7. The molecule has 0 unspecified atom stereocenters. The van der Waals surface area contributed by atoms with Crippen molar-refractivity contribution >= 4 is 52.8 Å². The molecular weight excluding hydrogens is 533 g/mol. The van der Waals surface area contributed by atoms with Crippen molar-refractivity contribution in [2.45, 2.75) is 0 Å². The molecule has 1 fully saturated rings. The molecule has 3 aromatic rings. The summed E-state index contributed by atoms with van der Waals surface area (Å²) in [4.78, 5) is 51.2. The molecule has 0 saturated carbocycles. The predicted octanol–water partition coefficient (Wildman–Crippen LogP) is 4.18. The van der Waals surface area contributed by atoms with Crippen LogP contribution < -0.4 is 29.7 Å². The summed E-state index contributed by atoms with van der Waals surface area (Å²) < 4.78 is 29.7. The number of barbiturate groups is 1. The predicted molar refractivity (Wildman–Crippen MR) is 141 cm³/mol. The number of imide groups is 2. The van der Waals surface area contributed by atoms with Crippen LogP contribution in [-0.2, 0) is 14.4 Å². The lowest BCUT2D eigenvalue weighted by molar-refractivity contribution is -0.122. The van der Waals surface area contributed by atoms with Crippen LogP contribution >= 0.6 is 11.6 Å². The minimum absolute atomic E-state index is 0.00615. The fourth-order valence-corrected chi connectivity index (χ4v) is 3.91. The van der Waals surface area contributed by atoms with Gasteiger partial charge in [0.25, 0.3) is 17.7 Å². The topological polar surface area (TPSA) is 123 Å². The van der Waals surface area contributed by atoms with Gasteiger partial charge in [-0.05, 0) is 60.2 Å². The van der Waals surface area contributed by atoms with Gasteiger partial charge in [-0.3, -0.25) is 19.7 Å². The van der Waals surface area contributed by atoms with E-state index in [2.05, 4.69) is 10.6 Å². The van der Waals surface area contributed by atoms with Crippen molar-refractivity contribution in [2.75, 3.05) is 31.0 Å². The maximum absolute atomic E-state index is 13.8. The highest BCUT2D eigenvalue weighted by Crippen LogP contribution is 2.37. The normalized spacial score (nSPS) is 14.2. The second-order valence-corrected chi connectivity index (χ2v) is 8.41. The minimum atomic E-state index is -0.902. The Hall–Kier alpha value is -4.90. The number of ether oxygens (including phenoxy) is 3. The molecule has 3 aromatic carbocycles. The molecule has 0 radical (unpaired) electrons. The molecular formula is C27H21ClFN3O7. The summed E-state index contributed by atoms with van der Waals surface area (Å²) in [5.41, 5.74) is 0.164. The summed E-state index contributed by atoms with van der Waals surface area (Å²) in [7, 11) is 2.81. The van der Waals surface area contributed by atoms with Gasteiger partial charge in [0.2, 0.25) is 0 Å². The Bertz CT molecular complexity index is 1490.